The van der Waals surface area contributed by atoms with Crippen LogP contribution in [0.2, 0.25) is 5.02 Å². The Kier molecular flexibility index (Phi) is 3.94. The van der Waals surface area contributed by atoms with E-state index in [9.17, 15) is 4.79 Å². The molecule has 5 heteroatoms. The summed E-state index contributed by atoms with van der Waals surface area (Å²) in [7, 11) is 1.55. The highest BCUT2D eigenvalue weighted by Gasteiger charge is 2.25. The zero-order valence-electron chi connectivity index (χ0n) is 11.7. The number of methoxy groups -OCH3 is 1. The molecule has 2 aromatic carbocycles. The first kappa shape index (κ1) is 14.4. The van der Waals surface area contributed by atoms with E-state index in [1.807, 2.05) is 30.3 Å². The van der Waals surface area contributed by atoms with Gasteiger partial charge in [-0.25, -0.2) is 9.79 Å². The predicted molar refractivity (Wildman–Crippen MR) is 85.1 cm³/mol. The minimum atomic E-state index is -0.495. The van der Waals surface area contributed by atoms with Crippen LogP contribution in [0.25, 0.3) is 6.08 Å². The van der Waals surface area contributed by atoms with Crippen molar-refractivity contribution in [2.75, 3.05) is 7.11 Å². The lowest BCUT2D eigenvalue weighted by Gasteiger charge is -2.05. The fourth-order valence-corrected chi connectivity index (χ4v) is 2.28. The monoisotopic (exact) mass is 313 g/mol. The van der Waals surface area contributed by atoms with Gasteiger partial charge in [0.25, 0.3) is 0 Å². The van der Waals surface area contributed by atoms with E-state index in [1.54, 1.807) is 31.4 Å². The molecule has 0 N–H and O–H groups in total. The van der Waals surface area contributed by atoms with Crippen LogP contribution in [0, 0.1) is 0 Å². The molecule has 0 saturated carbocycles. The first-order valence-electron chi connectivity index (χ1n) is 6.59. The number of rotatable bonds is 3. The van der Waals surface area contributed by atoms with Crippen molar-refractivity contribution in [1.29, 1.82) is 0 Å². The summed E-state index contributed by atoms with van der Waals surface area (Å²) in [5, 5.41) is 0.409. The molecule has 0 unspecified atom stereocenters. The lowest BCUT2D eigenvalue weighted by molar-refractivity contribution is -0.129. The lowest BCUT2D eigenvalue weighted by atomic mass is 10.2. The summed E-state index contributed by atoms with van der Waals surface area (Å²) < 4.78 is 10.3. The Bertz CT molecular complexity index is 782. The smallest absolute Gasteiger partial charge is 0.363 e. The summed E-state index contributed by atoms with van der Waals surface area (Å²) in [5.41, 5.74) is 1.67. The van der Waals surface area contributed by atoms with Gasteiger partial charge in [-0.2, -0.15) is 0 Å². The van der Waals surface area contributed by atoms with Gasteiger partial charge in [0.15, 0.2) is 5.70 Å². The number of nitrogens with zero attached hydrogens (tertiary/aromatic N) is 1. The van der Waals surface area contributed by atoms with Gasteiger partial charge in [-0.05, 0) is 29.8 Å². The minimum Gasteiger partial charge on any atom is -0.497 e. The second-order valence-electron chi connectivity index (χ2n) is 4.59. The van der Waals surface area contributed by atoms with Crippen molar-refractivity contribution in [3.05, 3.63) is 70.4 Å². The van der Waals surface area contributed by atoms with Crippen molar-refractivity contribution in [1.82, 2.24) is 0 Å². The summed E-state index contributed by atoms with van der Waals surface area (Å²) in [6, 6.07) is 14.5. The van der Waals surface area contributed by atoms with Gasteiger partial charge in [0.2, 0.25) is 5.90 Å². The van der Waals surface area contributed by atoms with E-state index in [0.29, 0.717) is 16.3 Å². The van der Waals surface area contributed by atoms with Gasteiger partial charge < -0.3 is 9.47 Å². The number of carbonyl (C=O) groups is 1. The molecule has 3 rings (SSSR count). The van der Waals surface area contributed by atoms with Gasteiger partial charge in [-0.15, -0.1) is 0 Å². The summed E-state index contributed by atoms with van der Waals surface area (Å²) >= 11 is 6.17. The third-order valence-electron chi connectivity index (χ3n) is 3.13. The fraction of sp³-hybridized carbons (Fsp3) is 0.0588. The molecular weight excluding hydrogens is 302 g/mol. The SMILES string of the molecule is COc1ccc(C2=NC(=Cc3ccccc3)C(=O)O2)c(Cl)c1. The standard InChI is InChI=1S/C17H12ClNO3/c1-21-12-7-8-13(14(18)10-12)16-19-15(17(20)22-16)9-11-5-3-2-4-6-11/h2-10H,1H3. The Morgan fingerprint density at radius 3 is 2.64 bits per heavy atom. The van der Waals surface area contributed by atoms with Crippen molar-refractivity contribution in [2.45, 2.75) is 0 Å². The molecule has 0 radical (unpaired) electrons. The maximum absolute atomic E-state index is 11.9. The minimum absolute atomic E-state index is 0.194. The quantitative estimate of drug-likeness (QED) is 0.641. The van der Waals surface area contributed by atoms with Crippen LogP contribution in [0.15, 0.2) is 59.2 Å². The van der Waals surface area contributed by atoms with Crippen molar-refractivity contribution in [2.24, 2.45) is 4.99 Å². The normalized spacial score (nSPS) is 15.6. The number of hydrogen-bond donors (Lipinski definition) is 0. The maximum Gasteiger partial charge on any atom is 0.363 e. The number of cyclic esters (lactones) is 1. The fourth-order valence-electron chi connectivity index (χ4n) is 2.03. The van der Waals surface area contributed by atoms with Crippen LogP contribution >= 0.6 is 11.6 Å². The van der Waals surface area contributed by atoms with Crippen LogP contribution in [0.5, 0.6) is 5.75 Å². The molecule has 1 aliphatic heterocycles. The molecular formula is C17H12ClNO3. The first-order chi connectivity index (χ1) is 10.7. The molecule has 2 aromatic rings. The van der Waals surface area contributed by atoms with Crippen LogP contribution < -0.4 is 4.74 Å². The number of benzene rings is 2. The predicted octanol–water partition coefficient (Wildman–Crippen LogP) is 3.69. The first-order valence-corrected chi connectivity index (χ1v) is 6.96. The van der Waals surface area contributed by atoms with Crippen molar-refractivity contribution < 1.29 is 14.3 Å². The average Bonchev–Trinajstić information content (AvgIpc) is 2.89. The third-order valence-corrected chi connectivity index (χ3v) is 3.44. The number of halogens is 1. The number of hydrogen-bond acceptors (Lipinski definition) is 4. The van der Waals surface area contributed by atoms with E-state index in [-0.39, 0.29) is 11.6 Å². The van der Waals surface area contributed by atoms with Crippen LogP contribution in [0.1, 0.15) is 11.1 Å². The Hall–Kier alpha value is -2.59. The highest BCUT2D eigenvalue weighted by molar-refractivity contribution is 6.34. The van der Waals surface area contributed by atoms with E-state index in [1.165, 1.54) is 0 Å². The Balaban J connectivity index is 1.95. The van der Waals surface area contributed by atoms with Gasteiger partial charge in [-0.1, -0.05) is 41.9 Å². The highest BCUT2D eigenvalue weighted by Crippen LogP contribution is 2.27. The van der Waals surface area contributed by atoms with E-state index in [4.69, 9.17) is 21.1 Å². The molecule has 4 nitrogen and oxygen atoms in total. The Morgan fingerprint density at radius 2 is 1.95 bits per heavy atom. The van der Waals surface area contributed by atoms with Gasteiger partial charge >= 0.3 is 5.97 Å². The summed E-state index contributed by atoms with van der Waals surface area (Å²) in [6.07, 6.45) is 1.67. The molecule has 0 aromatic heterocycles. The number of aliphatic imine (C=N–C) groups is 1. The molecule has 1 heterocycles. The zero-order chi connectivity index (χ0) is 15.5. The molecule has 0 fully saturated rings. The highest BCUT2D eigenvalue weighted by atomic mass is 35.5. The van der Waals surface area contributed by atoms with Crippen LogP contribution in [0.3, 0.4) is 0 Å². The van der Waals surface area contributed by atoms with Crippen molar-refractivity contribution >= 4 is 29.5 Å². The van der Waals surface area contributed by atoms with E-state index >= 15 is 0 Å². The van der Waals surface area contributed by atoms with E-state index < -0.39 is 5.97 Å². The summed E-state index contributed by atoms with van der Waals surface area (Å²) in [5.74, 6) is 0.323. The Labute approximate surface area is 132 Å². The maximum atomic E-state index is 11.9. The average molecular weight is 314 g/mol. The second kappa shape index (κ2) is 6.03. The molecule has 0 amide bonds. The Morgan fingerprint density at radius 1 is 1.18 bits per heavy atom. The van der Waals surface area contributed by atoms with Gasteiger partial charge in [-0.3, -0.25) is 0 Å². The van der Waals surface area contributed by atoms with E-state index in [0.717, 1.165) is 5.56 Å². The molecule has 22 heavy (non-hydrogen) atoms. The molecule has 1 aliphatic rings. The number of carbonyl (C=O) groups excluding carboxylic acids is 1. The molecule has 0 aliphatic carbocycles. The molecule has 0 atom stereocenters. The topological polar surface area (TPSA) is 47.9 Å². The van der Waals surface area contributed by atoms with Gasteiger partial charge in [0.1, 0.15) is 5.75 Å². The van der Waals surface area contributed by atoms with Gasteiger partial charge in [0.05, 0.1) is 17.7 Å². The summed E-state index contributed by atoms with van der Waals surface area (Å²) in [6.45, 7) is 0. The van der Waals surface area contributed by atoms with Gasteiger partial charge in [0, 0.05) is 0 Å². The number of esters is 1. The largest absolute Gasteiger partial charge is 0.497 e. The summed E-state index contributed by atoms with van der Waals surface area (Å²) in [4.78, 5) is 16.2. The van der Waals surface area contributed by atoms with Crippen molar-refractivity contribution in [3.8, 4) is 5.75 Å². The van der Waals surface area contributed by atoms with Crippen LogP contribution in [-0.2, 0) is 9.53 Å². The molecule has 0 saturated heterocycles. The van der Waals surface area contributed by atoms with Crippen LogP contribution in [-0.4, -0.2) is 19.0 Å². The number of ether oxygens (including phenoxy) is 2. The van der Waals surface area contributed by atoms with E-state index in [2.05, 4.69) is 4.99 Å². The molecule has 0 spiro atoms. The third kappa shape index (κ3) is 2.87. The zero-order valence-corrected chi connectivity index (χ0v) is 12.5. The molecule has 0 bridgehead atoms. The van der Waals surface area contributed by atoms with Crippen LogP contribution in [0.4, 0.5) is 0 Å². The lowest BCUT2D eigenvalue weighted by Crippen LogP contribution is -2.06. The second-order valence-corrected chi connectivity index (χ2v) is 5.00. The van der Waals surface area contributed by atoms with Crippen molar-refractivity contribution in [3.63, 3.8) is 0 Å². The molecule has 110 valence electrons.